The van der Waals surface area contributed by atoms with E-state index in [0.717, 1.165) is 11.8 Å². The van der Waals surface area contributed by atoms with Crippen molar-refractivity contribution in [2.24, 2.45) is 0 Å². The van der Waals surface area contributed by atoms with Crippen molar-refractivity contribution in [2.75, 3.05) is 25.0 Å². The second-order valence-corrected chi connectivity index (χ2v) is 9.29. The molecule has 16 heavy (non-hydrogen) atoms. The first kappa shape index (κ1) is 15.8. The summed E-state index contributed by atoms with van der Waals surface area (Å²) in [4.78, 5) is 23.3. The molecule has 0 aliphatic heterocycles. The van der Waals surface area contributed by atoms with Crippen molar-refractivity contribution in [3.05, 3.63) is 0 Å². The summed E-state index contributed by atoms with van der Waals surface area (Å²) in [5.74, 6) is 0. The third kappa shape index (κ3) is 5.77. The van der Waals surface area contributed by atoms with Crippen LogP contribution in [0.2, 0.25) is 0 Å². The molecule has 4 nitrogen and oxygen atoms in total. The second-order valence-electron chi connectivity index (χ2n) is 4.43. The van der Waals surface area contributed by atoms with Gasteiger partial charge in [-0.05, 0) is 31.9 Å². The van der Waals surface area contributed by atoms with E-state index in [0.29, 0.717) is 0 Å². The van der Waals surface area contributed by atoms with Crippen molar-refractivity contribution in [2.45, 2.75) is 25.5 Å². The molecule has 1 amide bonds. The average Bonchev–Trinajstić information content (AvgIpc) is 2.13. The first-order valence-electron chi connectivity index (χ1n) is 4.93. The van der Waals surface area contributed by atoms with E-state index in [4.69, 9.17) is 0 Å². The van der Waals surface area contributed by atoms with Crippen LogP contribution < -0.4 is 5.32 Å². The maximum Gasteiger partial charge on any atom is 0.279 e. The molecular formula is C10H21NO3S2. The molecule has 0 saturated carbocycles. The van der Waals surface area contributed by atoms with Crippen molar-refractivity contribution >= 4 is 32.1 Å². The lowest BCUT2D eigenvalue weighted by Crippen LogP contribution is -2.42. The monoisotopic (exact) mass is 267 g/mol. The fourth-order valence-electron chi connectivity index (χ4n) is 1.18. The SMILES string of the molecule is CSC(=O)NC(CC(C)O)C(=O)S(C)(C)C. The fourth-order valence-corrected chi connectivity index (χ4v) is 2.45. The molecule has 6 heteroatoms. The van der Waals surface area contributed by atoms with E-state index in [1.165, 1.54) is 0 Å². The first-order valence-corrected chi connectivity index (χ1v) is 9.01. The molecule has 0 aromatic rings. The van der Waals surface area contributed by atoms with Crippen molar-refractivity contribution in [3.8, 4) is 0 Å². The zero-order chi connectivity index (χ0) is 12.9. The molecule has 2 atom stereocenters. The summed E-state index contributed by atoms with van der Waals surface area (Å²) in [6.45, 7) is 1.61. The van der Waals surface area contributed by atoms with Crippen LogP contribution in [-0.2, 0) is 4.79 Å². The molecule has 0 spiro atoms. The fraction of sp³-hybridized carbons (Fsp3) is 0.800. The Balaban J connectivity index is 4.67. The van der Waals surface area contributed by atoms with Gasteiger partial charge in [-0.25, -0.2) is 0 Å². The number of aliphatic hydroxyl groups excluding tert-OH is 1. The minimum absolute atomic E-state index is 0.0239. The molecule has 0 rings (SSSR count). The Bertz CT molecular complexity index is 261. The molecule has 0 bridgehead atoms. The molecule has 0 aliphatic rings. The summed E-state index contributed by atoms with van der Waals surface area (Å²) in [5, 5.41) is 11.8. The zero-order valence-corrected chi connectivity index (χ0v) is 12.1. The van der Waals surface area contributed by atoms with Crippen LogP contribution in [0.3, 0.4) is 0 Å². The van der Waals surface area contributed by atoms with Gasteiger partial charge in [-0.15, -0.1) is 0 Å². The van der Waals surface area contributed by atoms with Crippen LogP contribution in [0.4, 0.5) is 4.79 Å². The Kier molecular flexibility index (Phi) is 6.43. The van der Waals surface area contributed by atoms with E-state index >= 15 is 0 Å². The Morgan fingerprint density at radius 3 is 2.19 bits per heavy atom. The maximum absolute atomic E-state index is 12.1. The third-order valence-electron chi connectivity index (χ3n) is 1.94. The quantitative estimate of drug-likeness (QED) is 0.808. The van der Waals surface area contributed by atoms with Gasteiger partial charge in [0.05, 0.1) is 12.1 Å². The number of aliphatic hydroxyl groups is 1. The highest BCUT2D eigenvalue weighted by Crippen LogP contribution is 2.37. The van der Waals surface area contributed by atoms with Crippen LogP contribution in [0.5, 0.6) is 0 Å². The number of hydrogen-bond donors (Lipinski definition) is 2. The van der Waals surface area contributed by atoms with Gasteiger partial charge in [0.15, 0.2) is 5.12 Å². The largest absolute Gasteiger partial charge is 0.393 e. The van der Waals surface area contributed by atoms with Gasteiger partial charge in [0, 0.05) is 6.42 Å². The summed E-state index contributed by atoms with van der Waals surface area (Å²) in [5.41, 5.74) is 0. The lowest BCUT2D eigenvalue weighted by atomic mass is 10.1. The average molecular weight is 267 g/mol. The Labute approximate surface area is 103 Å². The topological polar surface area (TPSA) is 66.4 Å². The van der Waals surface area contributed by atoms with Crippen LogP contribution >= 0.6 is 21.8 Å². The Morgan fingerprint density at radius 2 is 1.88 bits per heavy atom. The Morgan fingerprint density at radius 1 is 1.38 bits per heavy atom. The predicted octanol–water partition coefficient (Wildman–Crippen LogP) is 1.42. The number of carbonyl (C=O) groups excluding carboxylic acids is 2. The molecule has 0 saturated heterocycles. The van der Waals surface area contributed by atoms with Gasteiger partial charge in [-0.2, -0.15) is 10.0 Å². The van der Waals surface area contributed by atoms with E-state index in [1.54, 1.807) is 13.2 Å². The Hall–Kier alpha value is -0.200. The maximum atomic E-state index is 12.1. The van der Waals surface area contributed by atoms with Gasteiger partial charge in [-0.1, -0.05) is 11.8 Å². The predicted molar refractivity (Wildman–Crippen MR) is 72.5 cm³/mol. The summed E-state index contributed by atoms with van der Waals surface area (Å²) in [6, 6.07) is -0.574. The molecule has 0 aromatic heterocycles. The van der Waals surface area contributed by atoms with Gasteiger partial charge < -0.3 is 10.4 Å². The van der Waals surface area contributed by atoms with Crippen molar-refractivity contribution in [1.29, 1.82) is 0 Å². The number of amides is 1. The van der Waals surface area contributed by atoms with E-state index in [1.807, 2.05) is 18.8 Å². The number of thioether (sulfide) groups is 1. The molecule has 0 heterocycles. The molecule has 0 aliphatic carbocycles. The number of hydrogen-bond acceptors (Lipinski definition) is 4. The van der Waals surface area contributed by atoms with E-state index < -0.39 is 22.2 Å². The highest BCUT2D eigenvalue weighted by Gasteiger charge is 2.28. The van der Waals surface area contributed by atoms with Crippen LogP contribution in [-0.4, -0.2) is 52.6 Å². The minimum Gasteiger partial charge on any atom is -0.393 e. The van der Waals surface area contributed by atoms with E-state index in [-0.39, 0.29) is 16.8 Å². The van der Waals surface area contributed by atoms with E-state index in [9.17, 15) is 14.7 Å². The molecule has 2 N–H and O–H groups in total. The van der Waals surface area contributed by atoms with Crippen LogP contribution in [0.15, 0.2) is 0 Å². The van der Waals surface area contributed by atoms with Gasteiger partial charge in [0.25, 0.3) is 5.24 Å². The molecule has 0 radical (unpaired) electrons. The first-order chi connectivity index (χ1) is 7.18. The number of nitrogens with one attached hydrogen (secondary N) is 1. The smallest absolute Gasteiger partial charge is 0.279 e. The lowest BCUT2D eigenvalue weighted by molar-refractivity contribution is -0.113. The van der Waals surface area contributed by atoms with Gasteiger partial charge in [-0.3, -0.25) is 9.59 Å². The van der Waals surface area contributed by atoms with Crippen molar-refractivity contribution in [1.82, 2.24) is 5.32 Å². The third-order valence-corrected chi connectivity index (χ3v) is 3.92. The summed E-state index contributed by atoms with van der Waals surface area (Å²) < 4.78 is 0. The molecule has 0 aromatic carbocycles. The van der Waals surface area contributed by atoms with Crippen molar-refractivity contribution in [3.63, 3.8) is 0 Å². The highest BCUT2D eigenvalue weighted by atomic mass is 32.3. The summed E-state index contributed by atoms with van der Waals surface area (Å²) in [6.07, 6.45) is 6.98. The van der Waals surface area contributed by atoms with Crippen LogP contribution in [0.25, 0.3) is 0 Å². The lowest BCUT2D eigenvalue weighted by Gasteiger charge is -2.29. The number of rotatable bonds is 4. The summed E-state index contributed by atoms with van der Waals surface area (Å²) >= 11 is 1.03. The second kappa shape index (κ2) is 6.51. The number of carbonyl (C=O) groups is 2. The summed E-state index contributed by atoms with van der Waals surface area (Å²) in [7, 11) is -1.38. The van der Waals surface area contributed by atoms with E-state index in [2.05, 4.69) is 5.32 Å². The molecule has 2 unspecified atom stereocenters. The van der Waals surface area contributed by atoms with Crippen LogP contribution in [0.1, 0.15) is 13.3 Å². The molecule has 96 valence electrons. The highest BCUT2D eigenvalue weighted by molar-refractivity contribution is 8.43. The molecule has 0 fully saturated rings. The standard InChI is InChI=1S/C10H21NO3S2/c1-7(12)6-8(11-10(14)15-2)9(13)16(3,4)5/h7-8,12H,6H2,1-5H3,(H,11,14). The minimum atomic E-state index is -1.38. The normalized spacial score (nSPS) is 16.4. The van der Waals surface area contributed by atoms with Gasteiger partial charge in [0.1, 0.15) is 0 Å². The van der Waals surface area contributed by atoms with Crippen molar-refractivity contribution < 1.29 is 14.7 Å². The van der Waals surface area contributed by atoms with Crippen LogP contribution in [0, 0.1) is 0 Å². The van der Waals surface area contributed by atoms with Gasteiger partial charge in [0.2, 0.25) is 0 Å². The zero-order valence-electron chi connectivity index (χ0n) is 10.4. The van der Waals surface area contributed by atoms with Gasteiger partial charge >= 0.3 is 0 Å². The molecular weight excluding hydrogens is 246 g/mol.